The van der Waals surface area contributed by atoms with Gasteiger partial charge in [0.15, 0.2) is 11.6 Å². The molecule has 0 aromatic heterocycles. The van der Waals surface area contributed by atoms with Crippen LogP contribution in [-0.2, 0) is 14.8 Å². The largest absolute Gasteiger partial charge is 0.353 e. The second-order valence-electron chi connectivity index (χ2n) is 6.49. The quantitative estimate of drug-likeness (QED) is 0.746. The Balaban J connectivity index is 1.49. The van der Waals surface area contributed by atoms with Crippen LogP contribution in [0.2, 0.25) is 0 Å². The number of carbonyl (C=O) groups excluding carboxylic acids is 1. The summed E-state index contributed by atoms with van der Waals surface area (Å²) in [6.45, 7) is -0.0881. The number of sulfonamides is 1. The molecule has 2 fully saturated rings. The second kappa shape index (κ2) is 6.76. The first-order valence-corrected chi connectivity index (χ1v) is 9.59. The lowest BCUT2D eigenvalue weighted by atomic mass is 10.1. The molecule has 3 rings (SSSR count). The molecule has 132 valence electrons. The topological polar surface area (TPSA) is 75.3 Å². The average molecular weight is 358 g/mol. The van der Waals surface area contributed by atoms with E-state index in [1.807, 2.05) is 0 Å². The van der Waals surface area contributed by atoms with Crippen molar-refractivity contribution in [3.8, 4) is 0 Å². The van der Waals surface area contributed by atoms with E-state index in [9.17, 15) is 22.0 Å². The van der Waals surface area contributed by atoms with E-state index in [1.165, 1.54) is 0 Å². The van der Waals surface area contributed by atoms with E-state index < -0.39 is 21.7 Å². The van der Waals surface area contributed by atoms with Crippen molar-refractivity contribution in [2.45, 2.75) is 43.0 Å². The van der Waals surface area contributed by atoms with Crippen molar-refractivity contribution in [1.29, 1.82) is 0 Å². The van der Waals surface area contributed by atoms with Gasteiger partial charge in [-0.1, -0.05) is 0 Å². The fourth-order valence-corrected chi connectivity index (χ4v) is 3.86. The average Bonchev–Trinajstić information content (AvgIpc) is 3.39. The number of rotatable bonds is 8. The third kappa shape index (κ3) is 4.30. The van der Waals surface area contributed by atoms with Crippen molar-refractivity contribution in [3.63, 3.8) is 0 Å². The van der Waals surface area contributed by atoms with Crippen LogP contribution in [0.3, 0.4) is 0 Å². The smallest absolute Gasteiger partial charge is 0.240 e. The lowest BCUT2D eigenvalue weighted by Crippen LogP contribution is -2.39. The van der Waals surface area contributed by atoms with Gasteiger partial charge in [-0.15, -0.1) is 0 Å². The van der Waals surface area contributed by atoms with Crippen molar-refractivity contribution < 1.29 is 22.0 Å². The zero-order valence-electron chi connectivity index (χ0n) is 13.1. The molecule has 0 atom stereocenters. The minimum Gasteiger partial charge on any atom is -0.353 e. The van der Waals surface area contributed by atoms with Gasteiger partial charge in [0.2, 0.25) is 15.9 Å². The summed E-state index contributed by atoms with van der Waals surface area (Å²) in [5.41, 5.74) is 0. The van der Waals surface area contributed by atoms with Gasteiger partial charge in [-0.3, -0.25) is 4.79 Å². The normalized spacial score (nSPS) is 18.0. The highest BCUT2D eigenvalue weighted by Crippen LogP contribution is 2.44. The van der Waals surface area contributed by atoms with E-state index in [2.05, 4.69) is 10.0 Å². The Morgan fingerprint density at radius 3 is 2.29 bits per heavy atom. The molecule has 0 radical (unpaired) electrons. The van der Waals surface area contributed by atoms with Crippen LogP contribution in [0.4, 0.5) is 8.78 Å². The highest BCUT2D eigenvalue weighted by molar-refractivity contribution is 7.89. The summed E-state index contributed by atoms with van der Waals surface area (Å²) in [6.07, 6.45) is 4.58. The Labute approximate surface area is 139 Å². The van der Waals surface area contributed by atoms with E-state index in [0.717, 1.165) is 37.8 Å². The van der Waals surface area contributed by atoms with Crippen LogP contribution < -0.4 is 10.0 Å². The molecule has 0 aliphatic heterocycles. The van der Waals surface area contributed by atoms with E-state index in [0.29, 0.717) is 17.9 Å². The number of nitrogens with one attached hydrogen (secondary N) is 2. The lowest BCUT2D eigenvalue weighted by molar-refractivity contribution is -0.121. The molecule has 8 heteroatoms. The highest BCUT2D eigenvalue weighted by atomic mass is 32.2. The summed E-state index contributed by atoms with van der Waals surface area (Å²) in [7, 11) is -3.97. The van der Waals surface area contributed by atoms with Gasteiger partial charge < -0.3 is 5.32 Å². The summed E-state index contributed by atoms with van der Waals surface area (Å²) < 4.78 is 52.2. The van der Waals surface area contributed by atoms with Gasteiger partial charge in [0.1, 0.15) is 0 Å². The SMILES string of the molecule is O=C(CCNS(=O)(=O)c1ccc(F)c(F)c1)NC(C1CC1)C1CC1. The summed E-state index contributed by atoms with van der Waals surface area (Å²) >= 11 is 0. The molecule has 0 saturated heterocycles. The van der Waals surface area contributed by atoms with Gasteiger partial charge in [0.25, 0.3) is 0 Å². The zero-order chi connectivity index (χ0) is 17.3. The molecule has 0 unspecified atom stereocenters. The predicted molar refractivity (Wildman–Crippen MR) is 83.5 cm³/mol. The maximum atomic E-state index is 13.1. The zero-order valence-corrected chi connectivity index (χ0v) is 13.9. The minimum atomic E-state index is -3.97. The summed E-state index contributed by atoms with van der Waals surface area (Å²) in [6, 6.07) is 2.58. The Kier molecular flexibility index (Phi) is 4.87. The number of halogens is 2. The van der Waals surface area contributed by atoms with E-state index in [1.54, 1.807) is 0 Å². The van der Waals surface area contributed by atoms with Crippen molar-refractivity contribution in [2.75, 3.05) is 6.54 Å². The first kappa shape index (κ1) is 17.3. The van der Waals surface area contributed by atoms with Gasteiger partial charge in [0, 0.05) is 19.0 Å². The third-order valence-corrected chi connectivity index (χ3v) is 5.89. The summed E-state index contributed by atoms with van der Waals surface area (Å²) in [5.74, 6) is -1.39. The van der Waals surface area contributed by atoms with Crippen LogP contribution >= 0.6 is 0 Å². The van der Waals surface area contributed by atoms with Gasteiger partial charge >= 0.3 is 0 Å². The van der Waals surface area contributed by atoms with Gasteiger partial charge in [-0.05, 0) is 55.7 Å². The van der Waals surface area contributed by atoms with E-state index >= 15 is 0 Å². The maximum Gasteiger partial charge on any atom is 0.240 e. The predicted octanol–water partition coefficient (Wildman–Crippen LogP) is 1.94. The maximum absolute atomic E-state index is 13.1. The number of amides is 1. The Bertz CT molecular complexity index is 719. The summed E-state index contributed by atoms with van der Waals surface area (Å²) in [5, 5.41) is 3.00. The van der Waals surface area contributed by atoms with Crippen molar-refractivity contribution in [2.24, 2.45) is 11.8 Å². The van der Waals surface area contributed by atoms with Gasteiger partial charge in [-0.2, -0.15) is 0 Å². The van der Waals surface area contributed by atoms with Crippen molar-refractivity contribution in [1.82, 2.24) is 10.0 Å². The molecule has 5 nitrogen and oxygen atoms in total. The van der Waals surface area contributed by atoms with Gasteiger partial charge in [0.05, 0.1) is 4.90 Å². The molecule has 2 aliphatic carbocycles. The molecular formula is C16H20F2N2O3S. The fourth-order valence-electron chi connectivity index (χ4n) is 2.82. The van der Waals surface area contributed by atoms with Crippen LogP contribution in [0.25, 0.3) is 0 Å². The van der Waals surface area contributed by atoms with Gasteiger partial charge in [-0.25, -0.2) is 21.9 Å². The number of hydrogen-bond acceptors (Lipinski definition) is 3. The molecule has 0 bridgehead atoms. The van der Waals surface area contributed by atoms with Crippen LogP contribution in [0, 0.1) is 23.5 Å². The third-order valence-electron chi connectivity index (χ3n) is 4.43. The van der Waals surface area contributed by atoms with Crippen LogP contribution in [0.15, 0.2) is 23.1 Å². The fraction of sp³-hybridized carbons (Fsp3) is 0.562. The number of hydrogen-bond donors (Lipinski definition) is 2. The van der Waals surface area contributed by atoms with Crippen molar-refractivity contribution >= 4 is 15.9 Å². The molecule has 1 aromatic carbocycles. The van der Waals surface area contributed by atoms with Crippen LogP contribution in [0.5, 0.6) is 0 Å². The molecule has 1 amide bonds. The Hall–Kier alpha value is -1.54. The summed E-state index contributed by atoms with van der Waals surface area (Å²) in [4.78, 5) is 11.6. The Morgan fingerprint density at radius 1 is 1.12 bits per heavy atom. The number of carbonyl (C=O) groups is 1. The lowest BCUT2D eigenvalue weighted by Gasteiger charge is -2.17. The molecular weight excluding hydrogens is 338 g/mol. The molecule has 2 aliphatic rings. The minimum absolute atomic E-state index is 0.0127. The molecule has 0 heterocycles. The Morgan fingerprint density at radius 2 is 1.75 bits per heavy atom. The standard InChI is InChI=1S/C16H20F2N2O3S/c17-13-6-5-12(9-14(13)18)24(22,23)19-8-7-15(21)20-16(10-1-2-10)11-3-4-11/h5-6,9-11,16,19H,1-4,7-8H2,(H,20,21). The first-order chi connectivity index (χ1) is 11.4. The molecule has 0 spiro atoms. The van der Waals surface area contributed by atoms with Crippen LogP contribution in [0.1, 0.15) is 32.1 Å². The monoisotopic (exact) mass is 358 g/mol. The van der Waals surface area contributed by atoms with E-state index in [4.69, 9.17) is 0 Å². The molecule has 1 aromatic rings. The number of benzene rings is 1. The molecule has 2 saturated carbocycles. The van der Waals surface area contributed by atoms with Crippen molar-refractivity contribution in [3.05, 3.63) is 29.8 Å². The molecule has 2 N–H and O–H groups in total. The first-order valence-electron chi connectivity index (χ1n) is 8.11. The second-order valence-corrected chi connectivity index (χ2v) is 8.26. The molecule has 24 heavy (non-hydrogen) atoms. The van der Waals surface area contributed by atoms with E-state index in [-0.39, 0.29) is 29.8 Å². The highest BCUT2D eigenvalue weighted by Gasteiger charge is 2.42. The van der Waals surface area contributed by atoms with Crippen LogP contribution in [-0.4, -0.2) is 26.9 Å².